The topological polar surface area (TPSA) is 83.4 Å². The molecule has 2 aliphatic rings. The number of carbonyl (C=O) groups is 1. The number of urea groups is 1. The molecule has 2 aliphatic heterocycles. The molecule has 2 fully saturated rings. The molecule has 2 saturated heterocycles. The molecule has 2 amide bonds. The number of anilines is 1. The van der Waals surface area contributed by atoms with Gasteiger partial charge in [0.2, 0.25) is 0 Å². The van der Waals surface area contributed by atoms with Gasteiger partial charge in [0.1, 0.15) is 10.7 Å². The van der Waals surface area contributed by atoms with Crippen molar-refractivity contribution >= 4 is 48.3 Å². The molecule has 0 bridgehead atoms. The van der Waals surface area contributed by atoms with Crippen molar-refractivity contribution in [1.29, 1.82) is 0 Å². The Morgan fingerprint density at radius 2 is 1.93 bits per heavy atom. The summed E-state index contributed by atoms with van der Waals surface area (Å²) in [6.07, 6.45) is 1.93. The molecule has 0 unspecified atom stereocenters. The molecule has 0 spiro atoms. The number of rotatable bonds is 8. The van der Waals surface area contributed by atoms with Crippen molar-refractivity contribution in [2.24, 2.45) is 0 Å². The molecular weight excluding hydrogens is 585 g/mol. The van der Waals surface area contributed by atoms with Crippen LogP contribution in [0, 0.1) is 11.6 Å². The summed E-state index contributed by atoms with van der Waals surface area (Å²) < 4.78 is 34.5. The van der Waals surface area contributed by atoms with Gasteiger partial charge in [-0.3, -0.25) is 10.2 Å². The van der Waals surface area contributed by atoms with E-state index < -0.39 is 17.7 Å². The highest BCUT2D eigenvalue weighted by molar-refractivity contribution is 6.34. The predicted molar refractivity (Wildman–Crippen MR) is 156 cm³/mol. The summed E-state index contributed by atoms with van der Waals surface area (Å²) in [6.45, 7) is 3.16. The van der Waals surface area contributed by atoms with E-state index in [1.807, 2.05) is 30.3 Å². The van der Waals surface area contributed by atoms with E-state index in [-0.39, 0.29) is 42.8 Å². The van der Waals surface area contributed by atoms with Crippen LogP contribution in [-0.2, 0) is 4.74 Å². The first-order valence-electron chi connectivity index (χ1n) is 12.8. The van der Waals surface area contributed by atoms with Crippen LogP contribution in [0.1, 0.15) is 36.1 Å². The van der Waals surface area contributed by atoms with E-state index >= 15 is 0 Å². The monoisotopic (exact) mass is 616 g/mol. The Morgan fingerprint density at radius 3 is 2.60 bits per heavy atom. The molecule has 40 heavy (non-hydrogen) atoms. The first kappa shape index (κ1) is 32.0. The highest BCUT2D eigenvalue weighted by Gasteiger charge is 2.36. The largest absolute Gasteiger partial charge is 0.383 e. The summed E-state index contributed by atoms with van der Waals surface area (Å²) in [6, 6.07) is 12.6. The lowest BCUT2D eigenvalue weighted by Gasteiger charge is -2.21. The number of hydrogen-bond acceptors (Lipinski definition) is 5. The molecule has 3 heterocycles. The van der Waals surface area contributed by atoms with E-state index in [9.17, 15) is 13.6 Å². The number of carbonyl (C=O) groups excluding carboxylic acids is 1. The van der Waals surface area contributed by atoms with Crippen LogP contribution in [0.5, 0.6) is 0 Å². The molecule has 0 aliphatic carbocycles. The number of amides is 2. The van der Waals surface area contributed by atoms with E-state index in [4.69, 9.17) is 21.4 Å². The van der Waals surface area contributed by atoms with E-state index in [0.717, 1.165) is 31.1 Å². The molecule has 1 aromatic heterocycles. The Balaban J connectivity index is 0.00000220. The maximum atomic E-state index is 14.1. The molecule has 2 aromatic carbocycles. The van der Waals surface area contributed by atoms with E-state index in [1.165, 1.54) is 6.07 Å². The van der Waals surface area contributed by atoms with E-state index in [1.54, 1.807) is 17.9 Å². The molecule has 3 atom stereocenters. The van der Waals surface area contributed by atoms with Crippen molar-refractivity contribution in [3.63, 3.8) is 0 Å². The maximum Gasteiger partial charge on any atom is 0.320 e. The van der Waals surface area contributed by atoms with Gasteiger partial charge in [0.15, 0.2) is 17.5 Å². The Labute approximate surface area is 249 Å². The van der Waals surface area contributed by atoms with Crippen LogP contribution in [0.4, 0.5) is 19.4 Å². The van der Waals surface area contributed by atoms with Crippen molar-refractivity contribution in [3.05, 3.63) is 76.4 Å². The number of likely N-dealkylation sites (tertiary alicyclic amines) is 1. The van der Waals surface area contributed by atoms with Crippen molar-refractivity contribution in [3.8, 4) is 5.69 Å². The van der Waals surface area contributed by atoms with Gasteiger partial charge in [0.25, 0.3) is 0 Å². The highest BCUT2D eigenvalue weighted by Crippen LogP contribution is 2.35. The minimum Gasteiger partial charge on any atom is -0.383 e. The van der Waals surface area contributed by atoms with Crippen molar-refractivity contribution in [2.45, 2.75) is 30.8 Å². The van der Waals surface area contributed by atoms with Crippen LogP contribution in [0.3, 0.4) is 0 Å². The molecule has 13 heteroatoms. The summed E-state index contributed by atoms with van der Waals surface area (Å²) in [5.41, 5.74) is 2.07. The molecule has 0 saturated carbocycles. The fraction of sp³-hybridized carbons (Fsp3) is 0.407. The number of ether oxygens (including phenoxy) is 1. The number of para-hydroxylation sites is 1. The van der Waals surface area contributed by atoms with Gasteiger partial charge in [0, 0.05) is 32.7 Å². The van der Waals surface area contributed by atoms with Gasteiger partial charge in [-0.2, -0.15) is 5.10 Å². The smallest absolute Gasteiger partial charge is 0.320 e. The average Bonchev–Trinajstić information content (AvgIpc) is 3.65. The van der Waals surface area contributed by atoms with Crippen molar-refractivity contribution < 1.29 is 18.3 Å². The fourth-order valence-corrected chi connectivity index (χ4v) is 5.54. The van der Waals surface area contributed by atoms with Crippen LogP contribution in [0.25, 0.3) is 5.69 Å². The second kappa shape index (κ2) is 14.4. The minimum atomic E-state index is -0.910. The summed E-state index contributed by atoms with van der Waals surface area (Å²) in [4.78, 5) is 15.5. The zero-order valence-electron chi connectivity index (χ0n) is 21.9. The van der Waals surface area contributed by atoms with Crippen molar-refractivity contribution in [1.82, 2.24) is 25.3 Å². The summed E-state index contributed by atoms with van der Waals surface area (Å²) in [7, 11) is 1.63. The first-order chi connectivity index (χ1) is 18.4. The summed E-state index contributed by atoms with van der Waals surface area (Å²) >= 11 is 6.79. The van der Waals surface area contributed by atoms with Crippen molar-refractivity contribution in [2.75, 3.05) is 45.2 Å². The highest BCUT2D eigenvalue weighted by atomic mass is 35.5. The number of hydrogen-bond donors (Lipinski definition) is 3. The van der Waals surface area contributed by atoms with Crippen LogP contribution in [-0.4, -0.2) is 66.6 Å². The summed E-state index contributed by atoms with van der Waals surface area (Å²) in [5, 5.41) is 14.5. The van der Waals surface area contributed by atoms with Gasteiger partial charge in [-0.1, -0.05) is 35.9 Å². The summed E-state index contributed by atoms with van der Waals surface area (Å²) in [5.74, 6) is -1.67. The van der Waals surface area contributed by atoms with E-state index in [0.29, 0.717) is 48.3 Å². The lowest BCUT2D eigenvalue weighted by molar-refractivity contribution is 0.159. The third kappa shape index (κ3) is 7.05. The molecule has 0 radical (unpaired) electrons. The number of benzene rings is 2. The van der Waals surface area contributed by atoms with Gasteiger partial charge >= 0.3 is 6.03 Å². The molecule has 8 nitrogen and oxygen atoms in total. The zero-order valence-corrected chi connectivity index (χ0v) is 24.3. The van der Waals surface area contributed by atoms with Crippen LogP contribution < -0.4 is 16.0 Å². The Bertz CT molecular complexity index is 1280. The first-order valence-corrected chi connectivity index (χ1v) is 13.1. The lowest BCUT2D eigenvalue weighted by Crippen LogP contribution is -2.42. The maximum absolute atomic E-state index is 14.1. The SMILES string of the molecule is COCCN1C[C@@H](NC(=O)Nc2c(Cl)c([C@@H]3CCCN3)nn2-c2ccccc2)[C@H](c2ccc(F)c(F)c2)C1.Cl.Cl. The van der Waals surface area contributed by atoms with Crippen LogP contribution >= 0.6 is 36.4 Å². The molecular formula is C27H33Cl3F2N6O2. The van der Waals surface area contributed by atoms with Crippen LogP contribution in [0.15, 0.2) is 48.5 Å². The second-order valence-electron chi connectivity index (χ2n) is 9.68. The normalized spacial score (nSPS) is 20.6. The molecule has 218 valence electrons. The quantitative estimate of drug-likeness (QED) is 0.319. The van der Waals surface area contributed by atoms with Crippen LogP contribution in [0.2, 0.25) is 5.02 Å². The van der Waals surface area contributed by atoms with E-state index in [2.05, 4.69) is 20.9 Å². The van der Waals surface area contributed by atoms with Gasteiger partial charge < -0.3 is 15.4 Å². The van der Waals surface area contributed by atoms with Gasteiger partial charge in [0.05, 0.1) is 24.4 Å². The fourth-order valence-electron chi connectivity index (χ4n) is 5.25. The number of nitrogens with one attached hydrogen (secondary N) is 3. The molecule has 3 aromatic rings. The second-order valence-corrected chi connectivity index (χ2v) is 10.1. The number of methoxy groups -OCH3 is 1. The number of aromatic nitrogens is 2. The third-order valence-electron chi connectivity index (χ3n) is 7.17. The standard InChI is InChI=1S/C27H31ClF2N6O2.2ClH/c1-38-13-12-35-15-19(17-9-10-20(29)21(30)14-17)23(16-35)32-27(37)33-26-24(28)25(22-8-5-11-31-22)34-36(26)18-6-3-2-4-7-18;;/h2-4,6-7,9-10,14,19,22-23,31H,5,8,11-13,15-16H2,1H3,(H2,32,33,37);2*1H/t19-,22-,23+;;/m0../s1. The third-order valence-corrected chi connectivity index (χ3v) is 7.54. The Morgan fingerprint density at radius 1 is 1.15 bits per heavy atom. The average molecular weight is 618 g/mol. The number of halogens is 5. The Kier molecular flexibility index (Phi) is 11.6. The van der Waals surface area contributed by atoms with Gasteiger partial charge in [-0.25, -0.2) is 18.3 Å². The van der Waals surface area contributed by atoms with Gasteiger partial charge in [-0.15, -0.1) is 24.8 Å². The molecule has 3 N–H and O–H groups in total. The number of nitrogens with zero attached hydrogens (tertiary/aromatic N) is 3. The zero-order chi connectivity index (χ0) is 26.6. The Hall–Kier alpha value is -2.47. The lowest BCUT2D eigenvalue weighted by atomic mass is 9.94. The van der Waals surface area contributed by atoms with Gasteiger partial charge in [-0.05, 0) is 49.2 Å². The molecule has 5 rings (SSSR count). The predicted octanol–water partition coefficient (Wildman–Crippen LogP) is 5.31. The minimum absolute atomic E-state index is 0.